The van der Waals surface area contributed by atoms with E-state index in [9.17, 15) is 0 Å². The third-order valence-corrected chi connectivity index (χ3v) is 4.51. The van der Waals surface area contributed by atoms with Crippen LogP contribution in [0.3, 0.4) is 0 Å². The molecule has 2 rings (SSSR count). The molecular weight excluding hydrogens is 324 g/mol. The zero-order chi connectivity index (χ0) is 13.8. The smallest absolute Gasteiger partial charge is 0.0622 e. The molecular formula is C15H16BrClN2. The van der Waals surface area contributed by atoms with E-state index in [4.69, 9.17) is 11.6 Å². The Morgan fingerprint density at radius 2 is 2.16 bits per heavy atom. The molecule has 1 atom stereocenters. The minimum Gasteiger partial charge on any atom is -0.313 e. The molecule has 0 radical (unpaired) electrons. The molecule has 0 fully saturated rings. The van der Waals surface area contributed by atoms with Gasteiger partial charge in [-0.15, -0.1) is 0 Å². The van der Waals surface area contributed by atoms with E-state index in [0.29, 0.717) is 0 Å². The topological polar surface area (TPSA) is 24.9 Å². The first-order valence-corrected chi connectivity index (χ1v) is 7.31. The van der Waals surface area contributed by atoms with Crippen molar-refractivity contribution in [3.63, 3.8) is 0 Å². The van der Waals surface area contributed by atoms with Crippen molar-refractivity contribution in [2.24, 2.45) is 0 Å². The maximum absolute atomic E-state index is 6.18. The van der Waals surface area contributed by atoms with Gasteiger partial charge >= 0.3 is 0 Å². The summed E-state index contributed by atoms with van der Waals surface area (Å²) < 4.78 is 1.13. The van der Waals surface area contributed by atoms with Crippen LogP contribution in [-0.4, -0.2) is 12.0 Å². The van der Waals surface area contributed by atoms with Crippen LogP contribution in [-0.2, 0) is 6.42 Å². The van der Waals surface area contributed by atoms with Gasteiger partial charge in [0.25, 0.3) is 0 Å². The first kappa shape index (κ1) is 14.5. The van der Waals surface area contributed by atoms with Gasteiger partial charge in [0.2, 0.25) is 0 Å². The molecule has 19 heavy (non-hydrogen) atoms. The highest BCUT2D eigenvalue weighted by atomic mass is 79.9. The lowest BCUT2D eigenvalue weighted by atomic mass is 9.96. The molecule has 1 N–H and O–H groups in total. The van der Waals surface area contributed by atoms with Crippen LogP contribution in [0.25, 0.3) is 0 Å². The summed E-state index contributed by atoms with van der Waals surface area (Å²) in [5.41, 5.74) is 3.65. The fourth-order valence-electron chi connectivity index (χ4n) is 2.16. The van der Waals surface area contributed by atoms with Crippen molar-refractivity contribution in [1.82, 2.24) is 10.3 Å². The summed E-state index contributed by atoms with van der Waals surface area (Å²) in [7, 11) is 1.97. The molecule has 0 amide bonds. The highest BCUT2D eigenvalue weighted by Crippen LogP contribution is 2.28. The average molecular weight is 340 g/mol. The number of rotatable bonds is 4. The number of pyridine rings is 1. The van der Waals surface area contributed by atoms with Gasteiger partial charge in [0.15, 0.2) is 0 Å². The Balaban J connectivity index is 2.31. The van der Waals surface area contributed by atoms with Gasteiger partial charge in [-0.05, 0) is 49.2 Å². The monoisotopic (exact) mass is 338 g/mol. The van der Waals surface area contributed by atoms with Crippen molar-refractivity contribution >= 4 is 27.5 Å². The standard InChI is InChI=1S/C15H16BrClN2/c1-10-12(4-3-5-13(10)16)15(18-2)8-11-6-7-19-9-14(11)17/h3-7,9,15,18H,8H2,1-2H3. The van der Waals surface area contributed by atoms with Crippen molar-refractivity contribution in [2.45, 2.75) is 19.4 Å². The molecule has 0 saturated heterocycles. The van der Waals surface area contributed by atoms with E-state index in [2.05, 4.69) is 51.4 Å². The number of nitrogens with zero attached hydrogens (tertiary/aromatic N) is 1. The first-order valence-electron chi connectivity index (χ1n) is 6.14. The Hall–Kier alpha value is -0.900. The second-order valence-corrected chi connectivity index (χ2v) is 5.73. The van der Waals surface area contributed by atoms with Gasteiger partial charge in [-0.25, -0.2) is 0 Å². The highest BCUT2D eigenvalue weighted by Gasteiger charge is 2.15. The lowest BCUT2D eigenvalue weighted by Crippen LogP contribution is -2.20. The Morgan fingerprint density at radius 3 is 2.84 bits per heavy atom. The number of nitrogens with one attached hydrogen (secondary N) is 1. The number of halogens is 2. The van der Waals surface area contributed by atoms with E-state index in [1.807, 2.05) is 13.1 Å². The Morgan fingerprint density at radius 1 is 1.37 bits per heavy atom. The average Bonchev–Trinajstić information content (AvgIpc) is 2.41. The molecule has 100 valence electrons. The molecule has 0 bridgehead atoms. The van der Waals surface area contributed by atoms with Gasteiger partial charge in [0.1, 0.15) is 0 Å². The fourth-order valence-corrected chi connectivity index (χ4v) is 2.74. The van der Waals surface area contributed by atoms with E-state index in [1.54, 1.807) is 12.4 Å². The van der Waals surface area contributed by atoms with Gasteiger partial charge < -0.3 is 5.32 Å². The van der Waals surface area contributed by atoms with Crippen LogP contribution in [0.4, 0.5) is 0 Å². The quantitative estimate of drug-likeness (QED) is 0.898. The summed E-state index contributed by atoms with van der Waals surface area (Å²) >= 11 is 9.76. The largest absolute Gasteiger partial charge is 0.313 e. The van der Waals surface area contributed by atoms with Crippen molar-refractivity contribution in [3.8, 4) is 0 Å². The zero-order valence-corrected chi connectivity index (χ0v) is 13.3. The third kappa shape index (κ3) is 3.35. The summed E-state index contributed by atoms with van der Waals surface area (Å²) in [5, 5.41) is 4.08. The van der Waals surface area contributed by atoms with Crippen LogP contribution >= 0.6 is 27.5 Å². The summed E-state index contributed by atoms with van der Waals surface area (Å²) in [5.74, 6) is 0. The maximum atomic E-state index is 6.18. The Kier molecular flexibility index (Phi) is 4.97. The van der Waals surface area contributed by atoms with Gasteiger partial charge in [-0.3, -0.25) is 4.98 Å². The summed E-state index contributed by atoms with van der Waals surface area (Å²) in [4.78, 5) is 4.02. The molecule has 1 heterocycles. The van der Waals surface area contributed by atoms with Crippen molar-refractivity contribution in [1.29, 1.82) is 0 Å². The number of aromatic nitrogens is 1. The van der Waals surface area contributed by atoms with Crippen molar-refractivity contribution in [2.75, 3.05) is 7.05 Å². The maximum Gasteiger partial charge on any atom is 0.0622 e. The molecule has 0 aliphatic carbocycles. The predicted octanol–water partition coefficient (Wildman–Crippen LogP) is 4.31. The van der Waals surface area contributed by atoms with Gasteiger partial charge in [0.05, 0.1) is 5.02 Å². The van der Waals surface area contributed by atoms with E-state index in [1.165, 1.54) is 11.1 Å². The number of hydrogen-bond acceptors (Lipinski definition) is 2. The van der Waals surface area contributed by atoms with E-state index in [0.717, 1.165) is 21.5 Å². The molecule has 1 aromatic heterocycles. The van der Waals surface area contributed by atoms with E-state index in [-0.39, 0.29) is 6.04 Å². The van der Waals surface area contributed by atoms with E-state index >= 15 is 0 Å². The van der Waals surface area contributed by atoms with Crippen LogP contribution in [0.1, 0.15) is 22.7 Å². The van der Waals surface area contributed by atoms with Crippen LogP contribution in [0, 0.1) is 6.92 Å². The van der Waals surface area contributed by atoms with Crippen LogP contribution in [0.5, 0.6) is 0 Å². The second-order valence-electron chi connectivity index (χ2n) is 4.47. The molecule has 1 unspecified atom stereocenters. The summed E-state index contributed by atoms with van der Waals surface area (Å²) in [6.45, 7) is 2.12. The third-order valence-electron chi connectivity index (χ3n) is 3.31. The Bertz CT molecular complexity index is 572. The van der Waals surface area contributed by atoms with Gasteiger partial charge in [-0.2, -0.15) is 0 Å². The lowest BCUT2D eigenvalue weighted by Gasteiger charge is -2.20. The van der Waals surface area contributed by atoms with Crippen LogP contribution in [0.2, 0.25) is 5.02 Å². The fraction of sp³-hybridized carbons (Fsp3) is 0.267. The van der Waals surface area contributed by atoms with Crippen molar-refractivity contribution < 1.29 is 0 Å². The molecule has 1 aromatic carbocycles. The lowest BCUT2D eigenvalue weighted by molar-refractivity contribution is 0.588. The van der Waals surface area contributed by atoms with Gasteiger partial charge in [-0.1, -0.05) is 39.7 Å². The predicted molar refractivity (Wildman–Crippen MR) is 83.6 cm³/mol. The first-order chi connectivity index (χ1) is 9.13. The van der Waals surface area contributed by atoms with Crippen LogP contribution < -0.4 is 5.32 Å². The Labute approximate surface area is 127 Å². The van der Waals surface area contributed by atoms with Crippen LogP contribution in [0.15, 0.2) is 41.1 Å². The highest BCUT2D eigenvalue weighted by molar-refractivity contribution is 9.10. The minimum atomic E-state index is 0.234. The molecule has 0 aliphatic rings. The molecule has 2 nitrogen and oxygen atoms in total. The number of likely N-dealkylation sites (N-methyl/N-ethyl adjacent to an activating group) is 1. The number of benzene rings is 1. The molecule has 0 saturated carbocycles. The zero-order valence-electron chi connectivity index (χ0n) is 11.0. The second kappa shape index (κ2) is 6.51. The summed E-state index contributed by atoms with van der Waals surface area (Å²) in [6, 6.07) is 8.48. The minimum absolute atomic E-state index is 0.234. The van der Waals surface area contributed by atoms with E-state index < -0.39 is 0 Å². The molecule has 0 spiro atoms. The molecule has 0 aliphatic heterocycles. The SMILES string of the molecule is CNC(Cc1ccncc1Cl)c1cccc(Br)c1C. The molecule has 2 aromatic rings. The number of hydrogen-bond donors (Lipinski definition) is 1. The van der Waals surface area contributed by atoms with Crippen molar-refractivity contribution in [3.05, 3.63) is 62.8 Å². The van der Waals surface area contributed by atoms with Gasteiger partial charge in [0, 0.05) is 22.9 Å². The normalized spacial score (nSPS) is 12.4. The summed E-state index contributed by atoms with van der Waals surface area (Å²) in [6.07, 6.45) is 4.31. The molecule has 4 heteroatoms.